The van der Waals surface area contributed by atoms with Gasteiger partial charge >= 0.3 is 0 Å². The Labute approximate surface area is 63.9 Å². The lowest BCUT2D eigenvalue weighted by Crippen LogP contribution is -1.89. The molecule has 0 atom stereocenters. The maximum atomic E-state index is 4.18. The summed E-state index contributed by atoms with van der Waals surface area (Å²) in [5.74, 6) is 0. The molecule has 2 aromatic rings. The van der Waals surface area contributed by atoms with Gasteiger partial charge in [0.1, 0.15) is 5.52 Å². The van der Waals surface area contributed by atoms with Crippen LogP contribution in [0.3, 0.4) is 0 Å². The summed E-state index contributed by atoms with van der Waals surface area (Å²) in [6, 6.07) is 0. The lowest BCUT2D eigenvalue weighted by molar-refractivity contribution is 0.934. The van der Waals surface area contributed by atoms with E-state index >= 15 is 0 Å². The molecule has 0 aliphatic carbocycles. The zero-order valence-electron chi connectivity index (χ0n) is 6.44. The monoisotopic (exact) mass is 148 g/mol. The van der Waals surface area contributed by atoms with Gasteiger partial charge in [-0.05, 0) is 6.92 Å². The van der Waals surface area contributed by atoms with E-state index in [0.29, 0.717) is 0 Å². The van der Waals surface area contributed by atoms with E-state index in [1.54, 1.807) is 12.5 Å². The molecule has 0 radical (unpaired) electrons. The smallest absolute Gasteiger partial charge is 0.113 e. The van der Waals surface area contributed by atoms with Crippen LogP contribution in [-0.4, -0.2) is 19.7 Å². The molecule has 0 saturated carbocycles. The summed E-state index contributed by atoms with van der Waals surface area (Å²) in [7, 11) is 1.94. The zero-order chi connectivity index (χ0) is 7.84. The third-order valence-electron chi connectivity index (χ3n) is 1.71. The quantitative estimate of drug-likeness (QED) is 0.551. The number of nitrogens with zero attached hydrogens (tertiary/aromatic N) is 4. The van der Waals surface area contributed by atoms with Crippen molar-refractivity contribution < 1.29 is 0 Å². The van der Waals surface area contributed by atoms with Gasteiger partial charge in [0.05, 0.1) is 23.7 Å². The Hall–Kier alpha value is -1.45. The number of imidazole rings is 1. The van der Waals surface area contributed by atoms with E-state index in [2.05, 4.69) is 15.2 Å². The number of aromatic nitrogens is 4. The molecule has 0 spiro atoms. The molecule has 2 rings (SSSR count). The molecule has 0 fully saturated rings. The van der Waals surface area contributed by atoms with Crippen LogP contribution in [0, 0.1) is 6.92 Å². The van der Waals surface area contributed by atoms with Crippen molar-refractivity contribution in [3.8, 4) is 0 Å². The van der Waals surface area contributed by atoms with Gasteiger partial charge in [0, 0.05) is 7.05 Å². The van der Waals surface area contributed by atoms with Crippen molar-refractivity contribution in [1.82, 2.24) is 19.7 Å². The van der Waals surface area contributed by atoms with Crippen molar-refractivity contribution >= 4 is 11.0 Å². The number of hydrogen-bond acceptors (Lipinski definition) is 3. The average Bonchev–Trinajstić information content (AvgIpc) is 2.35. The summed E-state index contributed by atoms with van der Waals surface area (Å²) < 4.78 is 1.93. The molecule has 56 valence electrons. The molecule has 0 unspecified atom stereocenters. The van der Waals surface area contributed by atoms with Gasteiger partial charge < -0.3 is 4.57 Å². The number of fused-ring (bicyclic) bond motifs is 1. The minimum atomic E-state index is 0.878. The van der Waals surface area contributed by atoms with E-state index in [-0.39, 0.29) is 0 Å². The van der Waals surface area contributed by atoms with Crippen molar-refractivity contribution in [3.63, 3.8) is 0 Å². The Morgan fingerprint density at radius 1 is 1.45 bits per heavy atom. The topological polar surface area (TPSA) is 43.6 Å². The average molecular weight is 148 g/mol. The van der Waals surface area contributed by atoms with Crippen LogP contribution in [0.15, 0.2) is 12.5 Å². The van der Waals surface area contributed by atoms with E-state index in [0.717, 1.165) is 16.7 Å². The van der Waals surface area contributed by atoms with Crippen molar-refractivity contribution in [2.24, 2.45) is 7.05 Å². The first-order chi connectivity index (χ1) is 5.29. The van der Waals surface area contributed by atoms with E-state index in [1.807, 2.05) is 18.5 Å². The molecular formula is C7H8N4. The van der Waals surface area contributed by atoms with Gasteiger partial charge in [-0.3, -0.25) is 0 Å². The molecule has 11 heavy (non-hydrogen) atoms. The molecule has 0 aliphatic heterocycles. The first kappa shape index (κ1) is 6.27. The van der Waals surface area contributed by atoms with Crippen LogP contribution in [0.2, 0.25) is 0 Å². The second kappa shape index (κ2) is 2.02. The first-order valence-electron chi connectivity index (χ1n) is 3.38. The predicted molar refractivity (Wildman–Crippen MR) is 41.0 cm³/mol. The van der Waals surface area contributed by atoms with E-state index in [4.69, 9.17) is 0 Å². The summed E-state index contributed by atoms with van der Waals surface area (Å²) in [4.78, 5) is 4.18. The van der Waals surface area contributed by atoms with Gasteiger partial charge in [0.15, 0.2) is 0 Å². The van der Waals surface area contributed by atoms with Gasteiger partial charge in [0.2, 0.25) is 0 Å². The second-order valence-corrected chi connectivity index (χ2v) is 2.52. The predicted octanol–water partition coefficient (Wildman–Crippen LogP) is 0.672. The molecule has 4 nitrogen and oxygen atoms in total. The lowest BCUT2D eigenvalue weighted by Gasteiger charge is -1.92. The van der Waals surface area contributed by atoms with Crippen LogP contribution in [0.4, 0.5) is 0 Å². The molecular weight excluding hydrogens is 140 g/mol. The summed E-state index contributed by atoms with van der Waals surface area (Å²) in [5, 5.41) is 7.73. The third kappa shape index (κ3) is 0.790. The highest BCUT2D eigenvalue weighted by atomic mass is 15.1. The summed E-state index contributed by atoms with van der Waals surface area (Å²) >= 11 is 0. The third-order valence-corrected chi connectivity index (χ3v) is 1.71. The Kier molecular flexibility index (Phi) is 1.15. The van der Waals surface area contributed by atoms with E-state index in [1.165, 1.54) is 0 Å². The van der Waals surface area contributed by atoms with Crippen molar-refractivity contribution in [2.45, 2.75) is 6.92 Å². The lowest BCUT2D eigenvalue weighted by atomic mass is 10.4. The number of rotatable bonds is 0. The highest BCUT2D eigenvalue weighted by Crippen LogP contribution is 2.10. The molecule has 0 aliphatic rings. The number of aryl methyl sites for hydroxylation is 2. The van der Waals surface area contributed by atoms with Crippen LogP contribution in [0.25, 0.3) is 11.0 Å². The fourth-order valence-electron chi connectivity index (χ4n) is 1.09. The molecule has 0 aromatic carbocycles. The van der Waals surface area contributed by atoms with Crippen LogP contribution in [0.5, 0.6) is 0 Å². The Morgan fingerprint density at radius 2 is 2.27 bits per heavy atom. The standard InChI is InChI=1S/C7H8N4/c1-5-7-6(3-9-10-5)11(2)4-8-7/h3-4H,1-2H3. The second-order valence-electron chi connectivity index (χ2n) is 2.52. The molecule has 0 saturated heterocycles. The molecule has 0 bridgehead atoms. The molecule has 4 heteroatoms. The van der Waals surface area contributed by atoms with Crippen LogP contribution in [-0.2, 0) is 7.05 Å². The zero-order valence-corrected chi connectivity index (χ0v) is 6.44. The maximum Gasteiger partial charge on any atom is 0.113 e. The van der Waals surface area contributed by atoms with Crippen LogP contribution in [0.1, 0.15) is 5.69 Å². The maximum absolute atomic E-state index is 4.18. The van der Waals surface area contributed by atoms with Crippen LogP contribution >= 0.6 is 0 Å². The summed E-state index contributed by atoms with van der Waals surface area (Å²) in [5.41, 5.74) is 2.84. The van der Waals surface area contributed by atoms with Gasteiger partial charge in [-0.15, -0.1) is 0 Å². The fraction of sp³-hybridized carbons (Fsp3) is 0.286. The normalized spacial score (nSPS) is 10.7. The minimum Gasteiger partial charge on any atom is -0.332 e. The highest BCUT2D eigenvalue weighted by Gasteiger charge is 2.01. The van der Waals surface area contributed by atoms with Gasteiger partial charge in [-0.1, -0.05) is 0 Å². The van der Waals surface area contributed by atoms with Crippen LogP contribution < -0.4 is 0 Å². The fourth-order valence-corrected chi connectivity index (χ4v) is 1.09. The Balaban J connectivity index is 2.94. The Bertz CT molecular complexity index is 390. The molecule has 2 aromatic heterocycles. The minimum absolute atomic E-state index is 0.878. The van der Waals surface area contributed by atoms with Gasteiger partial charge in [0.25, 0.3) is 0 Å². The van der Waals surface area contributed by atoms with Crippen molar-refractivity contribution in [2.75, 3.05) is 0 Å². The summed E-state index contributed by atoms with van der Waals surface area (Å²) in [6.45, 7) is 1.91. The molecule has 2 heterocycles. The van der Waals surface area contributed by atoms with Gasteiger partial charge in [-0.2, -0.15) is 10.2 Å². The Morgan fingerprint density at radius 3 is 3.00 bits per heavy atom. The first-order valence-corrected chi connectivity index (χ1v) is 3.38. The van der Waals surface area contributed by atoms with E-state index < -0.39 is 0 Å². The number of hydrogen-bond donors (Lipinski definition) is 0. The molecule has 0 N–H and O–H groups in total. The highest BCUT2D eigenvalue weighted by molar-refractivity contribution is 5.75. The SMILES string of the molecule is Cc1nncc2c1ncn2C. The van der Waals surface area contributed by atoms with Gasteiger partial charge in [-0.25, -0.2) is 4.98 Å². The summed E-state index contributed by atoms with van der Waals surface area (Å²) in [6.07, 6.45) is 3.48. The van der Waals surface area contributed by atoms with Crippen molar-refractivity contribution in [3.05, 3.63) is 18.2 Å². The largest absolute Gasteiger partial charge is 0.332 e. The molecule has 0 amide bonds. The van der Waals surface area contributed by atoms with Crippen molar-refractivity contribution in [1.29, 1.82) is 0 Å². The van der Waals surface area contributed by atoms with E-state index in [9.17, 15) is 0 Å².